The van der Waals surface area contributed by atoms with Gasteiger partial charge in [-0.25, -0.2) is 0 Å². The maximum atomic E-state index is 12.4. The molecule has 1 atom stereocenters. The lowest BCUT2D eigenvalue weighted by Crippen LogP contribution is -2.28. The molecule has 2 aromatic rings. The van der Waals surface area contributed by atoms with Gasteiger partial charge in [0.1, 0.15) is 5.51 Å². The molecule has 19 heavy (non-hydrogen) atoms. The van der Waals surface area contributed by atoms with E-state index in [-0.39, 0.29) is 11.2 Å². The Morgan fingerprint density at radius 3 is 3.00 bits per heavy atom. The fraction of sp³-hybridized carbons (Fsp3) is 0.250. The molecule has 0 radical (unpaired) electrons. The Balaban J connectivity index is 1.77. The van der Waals surface area contributed by atoms with Crippen LogP contribution in [0.3, 0.4) is 0 Å². The van der Waals surface area contributed by atoms with Crippen LogP contribution in [-0.4, -0.2) is 27.9 Å². The van der Waals surface area contributed by atoms with Crippen molar-refractivity contribution >= 4 is 46.3 Å². The predicted molar refractivity (Wildman–Crippen MR) is 78.0 cm³/mol. The molecule has 0 bridgehead atoms. The fourth-order valence-corrected chi connectivity index (χ4v) is 4.01. The van der Waals surface area contributed by atoms with Gasteiger partial charge < -0.3 is 4.90 Å². The number of hydrogen-bond acceptors (Lipinski definition) is 5. The van der Waals surface area contributed by atoms with Crippen molar-refractivity contribution in [3.8, 4) is 0 Å². The first kappa shape index (κ1) is 12.9. The molecule has 4 nitrogen and oxygen atoms in total. The summed E-state index contributed by atoms with van der Waals surface area (Å²) in [4.78, 5) is 14.1. The average molecular weight is 312 g/mol. The number of benzene rings is 1. The van der Waals surface area contributed by atoms with E-state index >= 15 is 0 Å². The summed E-state index contributed by atoms with van der Waals surface area (Å²) in [6.07, 6.45) is 0.800. The molecule has 1 saturated heterocycles. The van der Waals surface area contributed by atoms with Crippen molar-refractivity contribution in [3.05, 3.63) is 34.8 Å². The molecule has 1 aliphatic rings. The summed E-state index contributed by atoms with van der Waals surface area (Å²) in [5, 5.41) is 8.26. The zero-order valence-corrected chi connectivity index (χ0v) is 12.2. The van der Waals surface area contributed by atoms with Gasteiger partial charge in [0.15, 0.2) is 4.34 Å². The topological polar surface area (TPSA) is 46.1 Å². The number of rotatable bonds is 3. The Labute approximate surface area is 123 Å². The van der Waals surface area contributed by atoms with Gasteiger partial charge in [-0.15, -0.1) is 10.2 Å². The molecule has 2 heterocycles. The number of amides is 1. The normalized spacial score (nSPS) is 19.1. The van der Waals surface area contributed by atoms with Crippen LogP contribution in [0.1, 0.15) is 6.42 Å². The molecule has 3 rings (SSSR count). The number of nitrogens with zero attached hydrogens (tertiary/aromatic N) is 3. The van der Waals surface area contributed by atoms with Crippen molar-refractivity contribution in [3.63, 3.8) is 0 Å². The summed E-state index contributed by atoms with van der Waals surface area (Å²) in [6.45, 7) is 0.693. The van der Waals surface area contributed by atoms with E-state index < -0.39 is 0 Å². The molecule has 0 unspecified atom stereocenters. The number of hydrogen-bond donors (Lipinski definition) is 0. The standard InChI is InChI=1S/C12H10ClN3OS2/c13-8-3-1-2-4-9(8)16-6-5-10(11(16)17)19-12-15-14-7-18-12/h1-4,7,10H,5-6H2/t10-/m0/s1. The fourth-order valence-electron chi connectivity index (χ4n) is 2.01. The van der Waals surface area contributed by atoms with E-state index in [1.165, 1.54) is 23.1 Å². The van der Waals surface area contributed by atoms with Gasteiger partial charge in [-0.2, -0.15) is 0 Å². The lowest BCUT2D eigenvalue weighted by molar-refractivity contribution is -0.116. The molecule has 1 amide bonds. The van der Waals surface area contributed by atoms with E-state index in [9.17, 15) is 4.79 Å². The third-order valence-corrected chi connectivity index (χ3v) is 5.27. The summed E-state index contributed by atoms with van der Waals surface area (Å²) in [5.74, 6) is 0.0910. The minimum absolute atomic E-state index is 0.0910. The smallest absolute Gasteiger partial charge is 0.240 e. The first-order valence-electron chi connectivity index (χ1n) is 5.74. The van der Waals surface area contributed by atoms with Crippen LogP contribution in [-0.2, 0) is 4.79 Å². The molecule has 0 aliphatic carbocycles. The molecular formula is C12H10ClN3OS2. The summed E-state index contributed by atoms with van der Waals surface area (Å²) < 4.78 is 0.833. The Morgan fingerprint density at radius 2 is 2.26 bits per heavy atom. The highest BCUT2D eigenvalue weighted by Crippen LogP contribution is 2.35. The quantitative estimate of drug-likeness (QED) is 0.874. The molecular weight excluding hydrogens is 302 g/mol. The van der Waals surface area contributed by atoms with Gasteiger partial charge in [-0.05, 0) is 18.6 Å². The summed E-state index contributed by atoms with van der Waals surface area (Å²) in [7, 11) is 0. The number of carbonyl (C=O) groups is 1. The van der Waals surface area contributed by atoms with Gasteiger partial charge in [-0.1, -0.05) is 46.8 Å². The van der Waals surface area contributed by atoms with Crippen LogP contribution in [0.15, 0.2) is 34.1 Å². The van der Waals surface area contributed by atoms with Gasteiger partial charge in [0, 0.05) is 6.54 Å². The number of para-hydroxylation sites is 1. The number of carbonyl (C=O) groups excluding carboxylic acids is 1. The Morgan fingerprint density at radius 1 is 1.42 bits per heavy atom. The number of aromatic nitrogens is 2. The van der Waals surface area contributed by atoms with Crippen molar-refractivity contribution < 1.29 is 4.79 Å². The predicted octanol–water partition coefficient (Wildman–Crippen LogP) is 3.09. The highest BCUT2D eigenvalue weighted by Gasteiger charge is 2.34. The van der Waals surface area contributed by atoms with E-state index in [1.54, 1.807) is 16.5 Å². The van der Waals surface area contributed by atoms with Gasteiger partial charge >= 0.3 is 0 Å². The van der Waals surface area contributed by atoms with E-state index in [1.807, 2.05) is 18.2 Å². The van der Waals surface area contributed by atoms with Gasteiger partial charge in [0.25, 0.3) is 0 Å². The van der Waals surface area contributed by atoms with E-state index in [4.69, 9.17) is 11.6 Å². The van der Waals surface area contributed by atoms with E-state index in [2.05, 4.69) is 10.2 Å². The first-order valence-corrected chi connectivity index (χ1v) is 7.88. The van der Waals surface area contributed by atoms with Gasteiger partial charge in [0.05, 0.1) is 16.0 Å². The van der Waals surface area contributed by atoms with Crippen LogP contribution >= 0.6 is 34.7 Å². The molecule has 98 valence electrons. The van der Waals surface area contributed by atoms with Crippen molar-refractivity contribution in [1.82, 2.24) is 10.2 Å². The second-order valence-corrected chi connectivity index (χ2v) is 6.73. The number of anilines is 1. The molecule has 0 spiro atoms. The van der Waals surface area contributed by atoms with Crippen LogP contribution < -0.4 is 4.90 Å². The van der Waals surface area contributed by atoms with Crippen LogP contribution in [0.25, 0.3) is 0 Å². The molecule has 7 heteroatoms. The zero-order valence-electron chi connectivity index (χ0n) is 9.82. The second kappa shape index (κ2) is 5.48. The Hall–Kier alpha value is -1.11. The highest BCUT2D eigenvalue weighted by atomic mass is 35.5. The van der Waals surface area contributed by atoms with Crippen LogP contribution in [0.4, 0.5) is 5.69 Å². The largest absolute Gasteiger partial charge is 0.310 e. The molecule has 1 fully saturated rings. The number of thioether (sulfide) groups is 1. The molecule has 1 aliphatic heterocycles. The van der Waals surface area contributed by atoms with Crippen LogP contribution in [0, 0.1) is 0 Å². The van der Waals surface area contributed by atoms with Crippen molar-refractivity contribution in [2.45, 2.75) is 16.0 Å². The maximum Gasteiger partial charge on any atom is 0.240 e. The van der Waals surface area contributed by atoms with Gasteiger partial charge in [0.2, 0.25) is 5.91 Å². The van der Waals surface area contributed by atoms with E-state index in [0.29, 0.717) is 11.6 Å². The van der Waals surface area contributed by atoms with Crippen molar-refractivity contribution in [2.24, 2.45) is 0 Å². The summed E-state index contributed by atoms with van der Waals surface area (Å²) >= 11 is 9.08. The van der Waals surface area contributed by atoms with Crippen LogP contribution in [0.5, 0.6) is 0 Å². The minimum atomic E-state index is -0.0933. The zero-order chi connectivity index (χ0) is 13.2. The van der Waals surface area contributed by atoms with E-state index in [0.717, 1.165) is 16.4 Å². The molecule has 0 N–H and O–H groups in total. The second-order valence-electron chi connectivity index (χ2n) is 4.04. The Bertz CT molecular complexity index is 590. The van der Waals surface area contributed by atoms with Crippen molar-refractivity contribution in [2.75, 3.05) is 11.4 Å². The highest BCUT2D eigenvalue weighted by molar-refractivity contribution is 8.02. The Kier molecular flexibility index (Phi) is 3.72. The monoisotopic (exact) mass is 311 g/mol. The van der Waals surface area contributed by atoms with Crippen LogP contribution in [0.2, 0.25) is 5.02 Å². The summed E-state index contributed by atoms with van der Waals surface area (Å²) in [6, 6.07) is 7.42. The minimum Gasteiger partial charge on any atom is -0.310 e. The lowest BCUT2D eigenvalue weighted by atomic mass is 10.3. The van der Waals surface area contributed by atoms with Crippen molar-refractivity contribution in [1.29, 1.82) is 0 Å². The molecule has 1 aromatic carbocycles. The average Bonchev–Trinajstić information content (AvgIpc) is 3.03. The summed E-state index contributed by atoms with van der Waals surface area (Å²) in [5.41, 5.74) is 2.46. The maximum absolute atomic E-state index is 12.4. The third-order valence-electron chi connectivity index (χ3n) is 2.88. The molecule has 0 saturated carbocycles. The number of halogens is 1. The lowest BCUT2D eigenvalue weighted by Gasteiger charge is -2.17. The SMILES string of the molecule is O=C1[C@@H](Sc2nncs2)CCN1c1ccccc1Cl. The first-order chi connectivity index (χ1) is 9.25. The van der Waals surface area contributed by atoms with Gasteiger partial charge in [-0.3, -0.25) is 4.79 Å². The molecule has 1 aromatic heterocycles. The third kappa shape index (κ3) is 2.61.